The van der Waals surface area contributed by atoms with E-state index in [9.17, 15) is 22.4 Å². The average Bonchev–Trinajstić information content (AvgIpc) is 2.88. The van der Waals surface area contributed by atoms with Gasteiger partial charge in [0.1, 0.15) is 11.6 Å². The molecule has 1 heterocycles. The van der Waals surface area contributed by atoms with Crippen LogP contribution in [0.15, 0.2) is 83.8 Å². The van der Waals surface area contributed by atoms with Crippen molar-refractivity contribution >= 4 is 27.6 Å². The fraction of sp³-hybridized carbons (Fsp3) is 0.200. The molecule has 0 bridgehead atoms. The molecule has 3 aromatic carbocycles. The summed E-state index contributed by atoms with van der Waals surface area (Å²) in [4.78, 5) is 26.8. The highest BCUT2D eigenvalue weighted by molar-refractivity contribution is 7.89. The van der Waals surface area contributed by atoms with Gasteiger partial charge in [0, 0.05) is 6.54 Å². The van der Waals surface area contributed by atoms with Crippen molar-refractivity contribution < 1.29 is 31.9 Å². The molecule has 0 saturated carbocycles. The van der Waals surface area contributed by atoms with Gasteiger partial charge >= 0.3 is 5.97 Å². The fourth-order valence-electron chi connectivity index (χ4n) is 3.73. The number of fused-ring (bicyclic) bond motifs is 1. The molecule has 0 unspecified atom stereocenters. The Morgan fingerprint density at radius 1 is 1.03 bits per heavy atom. The molecule has 3 aromatic rings. The highest BCUT2D eigenvalue weighted by atomic mass is 32.2. The number of sulfonamides is 1. The number of methoxy groups -OCH3 is 1. The van der Waals surface area contributed by atoms with Crippen molar-refractivity contribution in [1.82, 2.24) is 4.31 Å². The number of ether oxygens (including phenoxy) is 2. The molecule has 1 atom stereocenters. The SMILES string of the molecule is COC(=O)[C@H]1CN(C(=O)CN(Cc2ccccc2)S(=O)(=O)c2ccc(F)cc2)c2ccccc2O1. The normalized spacial score (nSPS) is 15.3. The molecule has 0 radical (unpaired) electrons. The Balaban J connectivity index is 1.67. The van der Waals surface area contributed by atoms with Crippen LogP contribution in [0.3, 0.4) is 0 Å². The first kappa shape index (κ1) is 24.4. The first-order valence-corrected chi connectivity index (χ1v) is 12.2. The molecule has 0 aliphatic carbocycles. The topological polar surface area (TPSA) is 93.2 Å². The highest BCUT2D eigenvalue weighted by Gasteiger charge is 2.36. The summed E-state index contributed by atoms with van der Waals surface area (Å²) in [5.74, 6) is -1.49. The molecular weight excluding hydrogens is 475 g/mol. The molecule has 8 nitrogen and oxygen atoms in total. The highest BCUT2D eigenvalue weighted by Crippen LogP contribution is 2.34. The van der Waals surface area contributed by atoms with E-state index < -0.39 is 40.4 Å². The quantitative estimate of drug-likeness (QED) is 0.465. The van der Waals surface area contributed by atoms with Crippen molar-refractivity contribution in [2.45, 2.75) is 17.5 Å². The third-order valence-electron chi connectivity index (χ3n) is 5.50. The number of nitrogens with zero attached hydrogens (tertiary/aromatic N) is 2. The lowest BCUT2D eigenvalue weighted by Gasteiger charge is -2.34. The summed E-state index contributed by atoms with van der Waals surface area (Å²) in [5, 5.41) is 0. The molecule has 0 saturated heterocycles. The zero-order valence-electron chi connectivity index (χ0n) is 18.8. The van der Waals surface area contributed by atoms with Crippen LogP contribution in [0.4, 0.5) is 10.1 Å². The minimum Gasteiger partial charge on any atom is -0.475 e. The monoisotopic (exact) mass is 498 g/mol. The molecule has 4 rings (SSSR count). The van der Waals surface area contributed by atoms with Gasteiger partial charge in [-0.2, -0.15) is 4.31 Å². The van der Waals surface area contributed by atoms with E-state index in [4.69, 9.17) is 9.47 Å². The summed E-state index contributed by atoms with van der Waals surface area (Å²) in [6, 6.07) is 19.9. The first-order valence-electron chi connectivity index (χ1n) is 10.7. The Hall–Kier alpha value is -3.76. The Kier molecular flexibility index (Phi) is 7.13. The van der Waals surface area contributed by atoms with Gasteiger partial charge in [0.25, 0.3) is 0 Å². The van der Waals surface area contributed by atoms with E-state index in [0.717, 1.165) is 28.6 Å². The van der Waals surface area contributed by atoms with Crippen LogP contribution >= 0.6 is 0 Å². The zero-order valence-corrected chi connectivity index (χ0v) is 19.7. The van der Waals surface area contributed by atoms with Gasteiger partial charge in [-0.05, 0) is 42.0 Å². The molecule has 10 heteroatoms. The van der Waals surface area contributed by atoms with Gasteiger partial charge in [-0.3, -0.25) is 4.79 Å². The summed E-state index contributed by atoms with van der Waals surface area (Å²) >= 11 is 0. The van der Waals surface area contributed by atoms with Gasteiger partial charge in [0.2, 0.25) is 22.0 Å². The third-order valence-corrected chi connectivity index (χ3v) is 7.31. The molecule has 1 aliphatic rings. The third kappa shape index (κ3) is 5.33. The van der Waals surface area contributed by atoms with E-state index in [2.05, 4.69) is 0 Å². The van der Waals surface area contributed by atoms with E-state index >= 15 is 0 Å². The Morgan fingerprint density at radius 3 is 2.37 bits per heavy atom. The van der Waals surface area contributed by atoms with Crippen LogP contribution in [0, 0.1) is 5.82 Å². The fourth-order valence-corrected chi connectivity index (χ4v) is 5.11. The van der Waals surface area contributed by atoms with Gasteiger partial charge < -0.3 is 14.4 Å². The second-order valence-corrected chi connectivity index (χ2v) is 9.75. The summed E-state index contributed by atoms with van der Waals surface area (Å²) in [5.41, 5.74) is 1.08. The number of para-hydroxylation sites is 2. The number of rotatable bonds is 7. The van der Waals surface area contributed by atoms with Gasteiger partial charge in [-0.1, -0.05) is 42.5 Å². The maximum absolute atomic E-state index is 13.5. The van der Waals surface area contributed by atoms with Crippen molar-refractivity contribution in [3.63, 3.8) is 0 Å². The number of esters is 1. The van der Waals surface area contributed by atoms with Crippen molar-refractivity contribution in [1.29, 1.82) is 0 Å². The minimum absolute atomic E-state index is 0.0846. The standard InChI is InChI=1S/C25H23FN2O6S/c1-33-25(30)23-16-28(21-9-5-6-10-22(21)34-23)24(29)17-27(15-18-7-3-2-4-8-18)35(31,32)20-13-11-19(26)12-14-20/h2-14,23H,15-17H2,1H3/t23-/m1/s1. The number of anilines is 1. The minimum atomic E-state index is -4.17. The molecule has 182 valence electrons. The van der Waals surface area contributed by atoms with Gasteiger partial charge in [0.05, 0.1) is 30.8 Å². The number of halogens is 1. The molecule has 1 aliphatic heterocycles. The molecule has 1 amide bonds. The summed E-state index contributed by atoms with van der Waals surface area (Å²) < 4.78 is 51.8. The predicted octanol–water partition coefficient (Wildman–Crippen LogP) is 2.98. The zero-order chi connectivity index (χ0) is 25.0. The van der Waals surface area contributed by atoms with Crippen LogP contribution < -0.4 is 9.64 Å². The smallest absolute Gasteiger partial charge is 0.348 e. The molecule has 0 N–H and O–H groups in total. The lowest BCUT2D eigenvalue weighted by atomic mass is 10.2. The van der Waals surface area contributed by atoms with Crippen molar-refractivity contribution in [3.8, 4) is 5.75 Å². The van der Waals surface area contributed by atoms with E-state index in [-0.39, 0.29) is 18.0 Å². The first-order chi connectivity index (χ1) is 16.8. The van der Waals surface area contributed by atoms with Gasteiger partial charge in [-0.15, -0.1) is 0 Å². The molecule has 0 spiro atoms. The van der Waals surface area contributed by atoms with E-state index in [1.807, 2.05) is 0 Å². The molecule has 0 aromatic heterocycles. The number of carbonyl (C=O) groups is 2. The maximum atomic E-state index is 13.5. The maximum Gasteiger partial charge on any atom is 0.348 e. The van der Waals surface area contributed by atoms with E-state index in [1.54, 1.807) is 54.6 Å². The van der Waals surface area contributed by atoms with Crippen LogP contribution in [-0.4, -0.2) is 50.9 Å². The molecular formula is C25H23FN2O6S. The number of benzene rings is 3. The molecule has 35 heavy (non-hydrogen) atoms. The molecule has 0 fully saturated rings. The van der Waals surface area contributed by atoms with Crippen LogP contribution in [0.5, 0.6) is 5.75 Å². The van der Waals surface area contributed by atoms with Crippen molar-refractivity contribution in [2.24, 2.45) is 0 Å². The number of carbonyl (C=O) groups excluding carboxylic acids is 2. The van der Waals surface area contributed by atoms with Crippen molar-refractivity contribution in [2.75, 3.05) is 25.1 Å². The number of amides is 1. The average molecular weight is 499 g/mol. The largest absolute Gasteiger partial charge is 0.475 e. The summed E-state index contributed by atoms with van der Waals surface area (Å²) in [7, 11) is -2.95. The lowest BCUT2D eigenvalue weighted by Crippen LogP contribution is -2.50. The van der Waals surface area contributed by atoms with Gasteiger partial charge in [-0.25, -0.2) is 17.6 Å². The number of hydrogen-bond donors (Lipinski definition) is 0. The predicted molar refractivity (Wildman–Crippen MR) is 126 cm³/mol. The number of hydrogen-bond acceptors (Lipinski definition) is 6. The van der Waals surface area contributed by atoms with Crippen LogP contribution in [0.2, 0.25) is 0 Å². The summed E-state index contributed by atoms with van der Waals surface area (Å²) in [6.07, 6.45) is -1.06. The Labute approximate surface area is 202 Å². The van der Waals surface area contributed by atoms with E-state index in [1.165, 1.54) is 12.0 Å². The van der Waals surface area contributed by atoms with Crippen molar-refractivity contribution in [3.05, 3.63) is 90.2 Å². The Bertz CT molecular complexity index is 1320. The Morgan fingerprint density at radius 2 is 1.69 bits per heavy atom. The van der Waals surface area contributed by atoms with Crippen LogP contribution in [0.25, 0.3) is 0 Å². The van der Waals surface area contributed by atoms with Crippen LogP contribution in [0.1, 0.15) is 5.56 Å². The van der Waals surface area contributed by atoms with Crippen LogP contribution in [-0.2, 0) is 30.9 Å². The summed E-state index contributed by atoms with van der Waals surface area (Å²) in [6.45, 7) is -0.742. The second kappa shape index (κ2) is 10.2. The second-order valence-electron chi connectivity index (χ2n) is 7.81. The lowest BCUT2D eigenvalue weighted by molar-refractivity contribution is -0.148. The van der Waals surface area contributed by atoms with E-state index in [0.29, 0.717) is 17.0 Å². The van der Waals surface area contributed by atoms with Gasteiger partial charge in [0.15, 0.2) is 0 Å².